The quantitative estimate of drug-likeness (QED) is 0.624. The smallest absolute Gasteiger partial charge is 0.193 e. The molecule has 7 nitrogen and oxygen atoms in total. The summed E-state index contributed by atoms with van der Waals surface area (Å²) >= 11 is 0. The first-order valence-corrected chi connectivity index (χ1v) is 7.68. The zero-order chi connectivity index (χ0) is 17.7. The van der Waals surface area contributed by atoms with Gasteiger partial charge in [0.15, 0.2) is 17.5 Å². The van der Waals surface area contributed by atoms with Crippen LogP contribution in [0, 0.1) is 13.8 Å². The van der Waals surface area contributed by atoms with Crippen molar-refractivity contribution < 1.29 is 14.0 Å². The fourth-order valence-corrected chi connectivity index (χ4v) is 2.62. The predicted octanol–water partition coefficient (Wildman–Crippen LogP) is 2.84. The molecule has 0 aliphatic carbocycles. The molecular weight excluding hydrogens is 308 g/mol. The topological polar surface area (TPSA) is 94.9 Å². The highest BCUT2D eigenvalue weighted by Gasteiger charge is 2.16. The predicted molar refractivity (Wildman–Crippen MR) is 94.1 cm³/mol. The maximum atomic E-state index is 5.97. The van der Waals surface area contributed by atoms with Gasteiger partial charge in [0.25, 0.3) is 0 Å². The summed E-state index contributed by atoms with van der Waals surface area (Å²) in [7, 11) is 3.18. The van der Waals surface area contributed by atoms with Crippen LogP contribution in [0.1, 0.15) is 29.9 Å². The molecule has 2 aromatic rings. The molecule has 1 atom stereocenters. The number of anilines is 1. The zero-order valence-electron chi connectivity index (χ0n) is 14.7. The molecule has 0 aliphatic rings. The van der Waals surface area contributed by atoms with Crippen LogP contribution in [0.4, 0.5) is 5.69 Å². The average molecular weight is 332 g/mol. The van der Waals surface area contributed by atoms with Crippen LogP contribution in [0.2, 0.25) is 0 Å². The summed E-state index contributed by atoms with van der Waals surface area (Å²) < 4.78 is 15.7. The van der Waals surface area contributed by atoms with Crippen molar-refractivity contribution >= 4 is 11.6 Å². The molecule has 3 N–H and O–H groups in total. The highest BCUT2D eigenvalue weighted by atomic mass is 16.5. The maximum Gasteiger partial charge on any atom is 0.193 e. The SMILES string of the molecule is COc1ccc(NC(N)=NCC(C)c2c(C)noc2C)cc1OC. The summed E-state index contributed by atoms with van der Waals surface area (Å²) in [6, 6.07) is 5.46. The molecule has 130 valence electrons. The van der Waals surface area contributed by atoms with Crippen LogP contribution in [0.25, 0.3) is 0 Å². The Bertz CT molecular complexity index is 705. The summed E-state index contributed by atoms with van der Waals surface area (Å²) in [6.07, 6.45) is 0. The minimum Gasteiger partial charge on any atom is -0.493 e. The van der Waals surface area contributed by atoms with E-state index in [0.717, 1.165) is 22.7 Å². The number of aliphatic imine (C=N–C) groups is 1. The number of ether oxygens (including phenoxy) is 2. The van der Waals surface area contributed by atoms with Crippen molar-refractivity contribution in [2.75, 3.05) is 26.1 Å². The summed E-state index contributed by atoms with van der Waals surface area (Å²) in [6.45, 7) is 6.44. The monoisotopic (exact) mass is 332 g/mol. The van der Waals surface area contributed by atoms with E-state index in [0.29, 0.717) is 24.0 Å². The van der Waals surface area contributed by atoms with Gasteiger partial charge in [-0.2, -0.15) is 0 Å². The first kappa shape index (κ1) is 17.7. The van der Waals surface area contributed by atoms with Gasteiger partial charge in [0, 0.05) is 29.8 Å². The number of rotatable bonds is 6. The Labute approximate surface area is 141 Å². The Morgan fingerprint density at radius 1 is 1.29 bits per heavy atom. The van der Waals surface area contributed by atoms with E-state index in [1.165, 1.54) is 0 Å². The molecule has 0 fully saturated rings. The maximum absolute atomic E-state index is 5.97. The average Bonchev–Trinajstić information content (AvgIpc) is 2.91. The van der Waals surface area contributed by atoms with Gasteiger partial charge in [-0.3, -0.25) is 4.99 Å². The second-order valence-electron chi connectivity index (χ2n) is 5.56. The van der Waals surface area contributed by atoms with Crippen molar-refractivity contribution in [1.29, 1.82) is 0 Å². The van der Waals surface area contributed by atoms with Gasteiger partial charge in [-0.1, -0.05) is 12.1 Å². The molecule has 0 saturated heterocycles. The highest BCUT2D eigenvalue weighted by molar-refractivity contribution is 5.92. The molecule has 0 amide bonds. The lowest BCUT2D eigenvalue weighted by atomic mass is 10.00. The number of nitrogens with one attached hydrogen (secondary N) is 1. The first-order chi connectivity index (χ1) is 11.5. The number of methoxy groups -OCH3 is 2. The lowest BCUT2D eigenvalue weighted by Crippen LogP contribution is -2.23. The van der Waals surface area contributed by atoms with Crippen molar-refractivity contribution in [1.82, 2.24) is 5.16 Å². The fraction of sp³-hybridized carbons (Fsp3) is 0.412. The standard InChI is InChI=1S/C17H24N4O3/c1-10(16-11(2)21-24-12(16)3)9-19-17(18)20-13-6-7-14(22-4)15(8-13)23-5/h6-8,10H,9H2,1-5H3,(H3,18,19,20). The van der Waals surface area contributed by atoms with Crippen LogP contribution in [-0.2, 0) is 0 Å². The molecule has 1 aromatic heterocycles. The highest BCUT2D eigenvalue weighted by Crippen LogP contribution is 2.29. The summed E-state index contributed by atoms with van der Waals surface area (Å²) in [4.78, 5) is 4.40. The Balaban J connectivity index is 2.04. The minimum atomic E-state index is 0.169. The van der Waals surface area contributed by atoms with Gasteiger partial charge in [0.1, 0.15) is 5.76 Å². The number of benzene rings is 1. The van der Waals surface area contributed by atoms with E-state index in [1.807, 2.05) is 19.9 Å². The number of hydrogen-bond acceptors (Lipinski definition) is 5. The van der Waals surface area contributed by atoms with E-state index >= 15 is 0 Å². The molecule has 1 aromatic carbocycles. The van der Waals surface area contributed by atoms with E-state index in [4.69, 9.17) is 19.7 Å². The summed E-state index contributed by atoms with van der Waals surface area (Å²) in [5.41, 5.74) is 8.72. The molecule has 0 spiro atoms. The molecule has 7 heteroatoms. The van der Waals surface area contributed by atoms with Crippen molar-refractivity contribution in [2.24, 2.45) is 10.7 Å². The zero-order valence-corrected chi connectivity index (χ0v) is 14.7. The fourth-order valence-electron chi connectivity index (χ4n) is 2.62. The summed E-state index contributed by atoms with van der Waals surface area (Å²) in [5, 5.41) is 7.02. The first-order valence-electron chi connectivity index (χ1n) is 7.68. The molecule has 2 rings (SSSR count). The number of aryl methyl sites for hydroxylation is 2. The summed E-state index contributed by atoms with van der Waals surface area (Å²) in [5.74, 6) is 2.61. The Hall–Kier alpha value is -2.70. The van der Waals surface area contributed by atoms with Gasteiger partial charge in [0.2, 0.25) is 0 Å². The van der Waals surface area contributed by atoms with E-state index in [1.54, 1.807) is 26.4 Å². The van der Waals surface area contributed by atoms with E-state index < -0.39 is 0 Å². The lowest BCUT2D eigenvalue weighted by molar-refractivity contribution is 0.355. The van der Waals surface area contributed by atoms with Crippen LogP contribution in [-0.4, -0.2) is 31.9 Å². The number of nitrogens with two attached hydrogens (primary N) is 1. The van der Waals surface area contributed by atoms with Gasteiger partial charge in [-0.25, -0.2) is 0 Å². The van der Waals surface area contributed by atoms with Gasteiger partial charge < -0.3 is 25.0 Å². The lowest BCUT2D eigenvalue weighted by Gasteiger charge is -2.12. The molecular formula is C17H24N4O3. The van der Waals surface area contributed by atoms with Crippen LogP contribution in [0.15, 0.2) is 27.7 Å². The van der Waals surface area contributed by atoms with Gasteiger partial charge >= 0.3 is 0 Å². The van der Waals surface area contributed by atoms with Crippen molar-refractivity contribution in [3.8, 4) is 11.5 Å². The van der Waals surface area contributed by atoms with Crippen LogP contribution >= 0.6 is 0 Å². The molecule has 1 unspecified atom stereocenters. The van der Waals surface area contributed by atoms with Crippen molar-refractivity contribution in [2.45, 2.75) is 26.7 Å². The third-order valence-electron chi connectivity index (χ3n) is 3.77. The van der Waals surface area contributed by atoms with Gasteiger partial charge in [-0.05, 0) is 26.0 Å². The van der Waals surface area contributed by atoms with Crippen LogP contribution in [0.5, 0.6) is 11.5 Å². The van der Waals surface area contributed by atoms with Crippen LogP contribution < -0.4 is 20.5 Å². The second kappa shape index (κ2) is 7.72. The molecule has 0 aliphatic heterocycles. The third kappa shape index (κ3) is 3.98. The molecule has 1 heterocycles. The van der Waals surface area contributed by atoms with E-state index in [2.05, 4.69) is 22.4 Å². The number of hydrogen-bond donors (Lipinski definition) is 2. The minimum absolute atomic E-state index is 0.169. The largest absolute Gasteiger partial charge is 0.493 e. The Morgan fingerprint density at radius 2 is 2.00 bits per heavy atom. The van der Waals surface area contributed by atoms with Crippen LogP contribution in [0.3, 0.4) is 0 Å². The molecule has 24 heavy (non-hydrogen) atoms. The van der Waals surface area contributed by atoms with Crippen molar-refractivity contribution in [3.05, 3.63) is 35.2 Å². The number of aromatic nitrogens is 1. The van der Waals surface area contributed by atoms with Crippen molar-refractivity contribution in [3.63, 3.8) is 0 Å². The van der Waals surface area contributed by atoms with E-state index in [9.17, 15) is 0 Å². The normalized spacial score (nSPS) is 12.8. The van der Waals surface area contributed by atoms with Gasteiger partial charge in [0.05, 0.1) is 19.9 Å². The van der Waals surface area contributed by atoms with E-state index in [-0.39, 0.29) is 5.92 Å². The Kier molecular flexibility index (Phi) is 5.68. The second-order valence-corrected chi connectivity index (χ2v) is 5.56. The Morgan fingerprint density at radius 3 is 2.58 bits per heavy atom. The molecule has 0 radical (unpaired) electrons. The third-order valence-corrected chi connectivity index (χ3v) is 3.77. The molecule has 0 bridgehead atoms. The number of nitrogens with zero attached hydrogens (tertiary/aromatic N) is 2. The van der Waals surface area contributed by atoms with Gasteiger partial charge in [-0.15, -0.1) is 0 Å². The molecule has 0 saturated carbocycles. The number of guanidine groups is 1.